The van der Waals surface area contributed by atoms with Crippen LogP contribution in [0.3, 0.4) is 0 Å². The quantitative estimate of drug-likeness (QED) is 0.288. The second-order valence-electron chi connectivity index (χ2n) is 5.76. The first-order valence-electron chi connectivity index (χ1n) is 8.56. The molecular formula is C19H21F2IN6O. The van der Waals surface area contributed by atoms with E-state index < -0.39 is 6.61 Å². The molecule has 0 fully saturated rings. The smallest absolute Gasteiger partial charge is 0.387 e. The summed E-state index contributed by atoms with van der Waals surface area (Å²) < 4.78 is 31.4. The number of hydrogen-bond acceptors (Lipinski definition) is 4. The Morgan fingerprint density at radius 3 is 2.62 bits per heavy atom. The molecule has 0 amide bonds. The highest BCUT2D eigenvalue weighted by Crippen LogP contribution is 2.19. The van der Waals surface area contributed by atoms with E-state index in [1.165, 1.54) is 6.07 Å². The van der Waals surface area contributed by atoms with E-state index in [1.54, 1.807) is 44.0 Å². The molecule has 1 aromatic carbocycles. The van der Waals surface area contributed by atoms with Crippen molar-refractivity contribution in [1.29, 1.82) is 0 Å². The van der Waals surface area contributed by atoms with Gasteiger partial charge in [0.25, 0.3) is 0 Å². The lowest BCUT2D eigenvalue weighted by atomic mass is 10.2. The van der Waals surface area contributed by atoms with Crippen molar-refractivity contribution < 1.29 is 13.5 Å². The summed E-state index contributed by atoms with van der Waals surface area (Å²) in [5.41, 5.74) is 1.57. The number of halogens is 3. The molecule has 154 valence electrons. The zero-order valence-electron chi connectivity index (χ0n) is 15.6. The minimum atomic E-state index is -2.86. The molecule has 10 heteroatoms. The van der Waals surface area contributed by atoms with Crippen LogP contribution in [0.25, 0.3) is 5.82 Å². The molecule has 2 heterocycles. The summed E-state index contributed by atoms with van der Waals surface area (Å²) in [5, 5.41) is 6.25. The van der Waals surface area contributed by atoms with Crippen molar-refractivity contribution in [3.8, 4) is 11.6 Å². The van der Waals surface area contributed by atoms with Crippen LogP contribution in [0.5, 0.6) is 5.75 Å². The normalized spacial score (nSPS) is 11.1. The molecule has 0 radical (unpaired) electrons. The van der Waals surface area contributed by atoms with Gasteiger partial charge < -0.3 is 15.4 Å². The van der Waals surface area contributed by atoms with Crippen LogP contribution in [0, 0.1) is 0 Å². The monoisotopic (exact) mass is 514 g/mol. The van der Waals surface area contributed by atoms with Gasteiger partial charge in [-0.2, -0.15) is 8.78 Å². The van der Waals surface area contributed by atoms with E-state index in [0.29, 0.717) is 24.6 Å². The first-order chi connectivity index (χ1) is 13.7. The van der Waals surface area contributed by atoms with E-state index in [9.17, 15) is 8.78 Å². The molecule has 0 aliphatic rings. The predicted molar refractivity (Wildman–Crippen MR) is 117 cm³/mol. The predicted octanol–water partition coefficient (Wildman–Crippen LogP) is 3.35. The lowest BCUT2D eigenvalue weighted by molar-refractivity contribution is -0.0504. The maximum atomic E-state index is 12.5. The van der Waals surface area contributed by atoms with Crippen molar-refractivity contribution in [3.63, 3.8) is 0 Å². The van der Waals surface area contributed by atoms with Crippen LogP contribution in [-0.4, -0.2) is 34.2 Å². The van der Waals surface area contributed by atoms with Gasteiger partial charge in [-0.15, -0.1) is 24.0 Å². The number of aliphatic imine (C=N–C) groups is 1. The van der Waals surface area contributed by atoms with Crippen molar-refractivity contribution in [2.75, 3.05) is 7.05 Å². The Bertz CT molecular complexity index is 903. The van der Waals surface area contributed by atoms with E-state index in [4.69, 9.17) is 0 Å². The van der Waals surface area contributed by atoms with E-state index in [1.807, 2.05) is 22.9 Å². The fraction of sp³-hybridized carbons (Fsp3) is 0.211. The molecule has 0 saturated heterocycles. The van der Waals surface area contributed by atoms with Crippen molar-refractivity contribution in [2.24, 2.45) is 4.99 Å². The van der Waals surface area contributed by atoms with E-state index in [0.717, 1.165) is 11.4 Å². The third kappa shape index (κ3) is 6.66. The van der Waals surface area contributed by atoms with Gasteiger partial charge in [-0.3, -0.25) is 9.56 Å². The molecule has 0 aliphatic heterocycles. The van der Waals surface area contributed by atoms with Gasteiger partial charge in [-0.05, 0) is 17.7 Å². The number of para-hydroxylation sites is 1. The number of nitrogens with zero attached hydrogens (tertiary/aromatic N) is 4. The number of aromatic nitrogens is 3. The molecule has 0 aliphatic carbocycles. The zero-order chi connectivity index (χ0) is 19.8. The number of benzene rings is 1. The van der Waals surface area contributed by atoms with Crippen molar-refractivity contribution in [1.82, 2.24) is 25.2 Å². The molecule has 2 N–H and O–H groups in total. The average molecular weight is 514 g/mol. The highest BCUT2D eigenvalue weighted by atomic mass is 127. The third-order valence-corrected chi connectivity index (χ3v) is 3.90. The Morgan fingerprint density at radius 2 is 1.97 bits per heavy atom. The summed E-state index contributed by atoms with van der Waals surface area (Å²) in [6.07, 6.45) is 6.96. The highest BCUT2D eigenvalue weighted by Gasteiger charge is 2.09. The summed E-state index contributed by atoms with van der Waals surface area (Å²) in [6, 6.07) is 10.5. The Balaban J connectivity index is 0.00000300. The molecule has 7 nitrogen and oxygen atoms in total. The lowest BCUT2D eigenvalue weighted by Gasteiger charge is -2.14. The number of alkyl halides is 2. The van der Waals surface area contributed by atoms with E-state index in [-0.39, 0.29) is 29.7 Å². The fourth-order valence-electron chi connectivity index (χ4n) is 2.51. The maximum absolute atomic E-state index is 12.5. The number of nitrogens with one attached hydrogen (secondary N) is 2. The summed E-state index contributed by atoms with van der Waals surface area (Å²) in [7, 11) is 1.64. The molecule has 0 atom stereocenters. The number of pyridine rings is 1. The Hall–Kier alpha value is -2.76. The molecule has 2 aromatic heterocycles. The van der Waals surface area contributed by atoms with Crippen LogP contribution in [0.4, 0.5) is 8.78 Å². The molecule has 0 saturated carbocycles. The summed E-state index contributed by atoms with van der Waals surface area (Å²) >= 11 is 0. The first-order valence-corrected chi connectivity index (χ1v) is 8.56. The van der Waals surface area contributed by atoms with Crippen LogP contribution in [-0.2, 0) is 13.1 Å². The Kier molecular flexibility index (Phi) is 8.77. The molecule has 0 unspecified atom stereocenters. The first kappa shape index (κ1) is 22.5. The van der Waals surface area contributed by atoms with Crippen LogP contribution < -0.4 is 15.4 Å². The second-order valence-corrected chi connectivity index (χ2v) is 5.76. The lowest BCUT2D eigenvalue weighted by Crippen LogP contribution is -2.36. The standard InChI is InChI=1S/C19H20F2N6O.HI/c1-22-19(26-12-15-4-2-3-5-16(15)28-18(20)21)25-11-14-6-7-17(24-10-14)27-9-8-23-13-27;/h2-10,13,18H,11-12H2,1H3,(H2,22,25,26);1H. The third-order valence-electron chi connectivity index (χ3n) is 3.90. The molecule has 29 heavy (non-hydrogen) atoms. The number of guanidine groups is 1. The second kappa shape index (κ2) is 11.3. The molecule has 3 rings (SSSR count). The minimum absolute atomic E-state index is 0. The molecule has 0 spiro atoms. The van der Waals surface area contributed by atoms with Crippen molar-refractivity contribution in [2.45, 2.75) is 19.7 Å². The van der Waals surface area contributed by atoms with Crippen LogP contribution >= 0.6 is 24.0 Å². The molecular weight excluding hydrogens is 493 g/mol. The summed E-state index contributed by atoms with van der Waals surface area (Å²) in [6.45, 7) is -2.07. The Morgan fingerprint density at radius 1 is 1.17 bits per heavy atom. The highest BCUT2D eigenvalue weighted by molar-refractivity contribution is 14.0. The van der Waals surface area contributed by atoms with Crippen LogP contribution in [0.15, 0.2) is 66.3 Å². The number of imidazole rings is 1. The van der Waals surface area contributed by atoms with Gasteiger partial charge >= 0.3 is 6.61 Å². The number of hydrogen-bond donors (Lipinski definition) is 2. The zero-order valence-corrected chi connectivity index (χ0v) is 18.0. The summed E-state index contributed by atoms with van der Waals surface area (Å²) in [5.74, 6) is 1.45. The SMILES string of the molecule is CN=C(NCc1ccc(-n2ccnc2)nc1)NCc1ccccc1OC(F)F.I. The minimum Gasteiger partial charge on any atom is -0.434 e. The molecule has 3 aromatic rings. The van der Waals surface area contributed by atoms with Crippen LogP contribution in [0.2, 0.25) is 0 Å². The number of ether oxygens (including phenoxy) is 1. The topological polar surface area (TPSA) is 76.4 Å². The van der Waals surface area contributed by atoms with Gasteiger partial charge in [0.2, 0.25) is 0 Å². The van der Waals surface area contributed by atoms with E-state index >= 15 is 0 Å². The fourth-order valence-corrected chi connectivity index (χ4v) is 2.51. The summed E-state index contributed by atoms with van der Waals surface area (Å²) in [4.78, 5) is 12.5. The van der Waals surface area contributed by atoms with Gasteiger partial charge in [0.15, 0.2) is 5.96 Å². The van der Waals surface area contributed by atoms with E-state index in [2.05, 4.69) is 30.3 Å². The van der Waals surface area contributed by atoms with Gasteiger partial charge in [-0.1, -0.05) is 24.3 Å². The van der Waals surface area contributed by atoms with Gasteiger partial charge in [0.05, 0.1) is 0 Å². The Labute approximate surface area is 184 Å². The van der Waals surface area contributed by atoms with Crippen molar-refractivity contribution >= 4 is 29.9 Å². The van der Waals surface area contributed by atoms with Crippen LogP contribution in [0.1, 0.15) is 11.1 Å². The molecule has 0 bridgehead atoms. The average Bonchev–Trinajstić information content (AvgIpc) is 3.24. The van der Waals surface area contributed by atoms with Gasteiger partial charge in [0.1, 0.15) is 17.9 Å². The maximum Gasteiger partial charge on any atom is 0.387 e. The number of rotatable bonds is 7. The largest absolute Gasteiger partial charge is 0.434 e. The van der Waals surface area contributed by atoms with Gasteiger partial charge in [-0.25, -0.2) is 9.97 Å². The van der Waals surface area contributed by atoms with Gasteiger partial charge in [0, 0.05) is 44.3 Å². The van der Waals surface area contributed by atoms with Crippen molar-refractivity contribution in [3.05, 3.63) is 72.4 Å².